The minimum Gasteiger partial charge on any atom is -0.309 e. The van der Waals surface area contributed by atoms with Crippen molar-refractivity contribution in [1.29, 1.82) is 0 Å². The summed E-state index contributed by atoms with van der Waals surface area (Å²) in [5.74, 6) is 1.96. The summed E-state index contributed by atoms with van der Waals surface area (Å²) in [5, 5.41) is 2.49. The maximum Gasteiger partial charge on any atom is 0.164 e. The molecule has 0 N–H and O–H groups in total. The molecule has 2 aromatic heterocycles. The van der Waals surface area contributed by atoms with Crippen LogP contribution in [0.3, 0.4) is 0 Å². The quantitative estimate of drug-likeness (QED) is 0.178. The molecule has 2 aliphatic carbocycles. The standard InChI is InChI=1S/C57H50N4/c1-54(2)44-26-15-12-23-39(44)40-30-29-37(34-47(40)57(54,7)8)53-59-51(35-19-10-9-11-20-35)58-52(60-53)36-21-18-22-38(33-36)61-48-28-17-14-24-41(48)42-31-32-46-49(50(42)61)43-25-13-16-27-45(43)55(3,4)56(46,5)6/h9-34H,1-8H3. The van der Waals surface area contributed by atoms with E-state index in [2.05, 4.69) is 199 Å². The Morgan fingerprint density at radius 2 is 0.885 bits per heavy atom. The Morgan fingerprint density at radius 1 is 0.361 bits per heavy atom. The molecule has 4 heteroatoms. The zero-order valence-electron chi connectivity index (χ0n) is 36.3. The van der Waals surface area contributed by atoms with Gasteiger partial charge < -0.3 is 4.57 Å². The average Bonchev–Trinajstić information content (AvgIpc) is 3.62. The highest BCUT2D eigenvalue weighted by atomic mass is 15.0. The lowest BCUT2D eigenvalue weighted by Gasteiger charge is -2.48. The van der Waals surface area contributed by atoms with Gasteiger partial charge in [-0.05, 0) is 84.9 Å². The van der Waals surface area contributed by atoms with Crippen LogP contribution in [-0.2, 0) is 21.7 Å². The van der Waals surface area contributed by atoms with Gasteiger partial charge in [-0.15, -0.1) is 0 Å². The van der Waals surface area contributed by atoms with E-state index in [1.54, 1.807) is 0 Å². The van der Waals surface area contributed by atoms with Crippen LogP contribution in [0, 0.1) is 0 Å². The van der Waals surface area contributed by atoms with E-state index in [4.69, 9.17) is 15.0 Å². The second-order valence-corrected chi connectivity index (χ2v) is 19.3. The second kappa shape index (κ2) is 12.9. The smallest absolute Gasteiger partial charge is 0.164 e. The van der Waals surface area contributed by atoms with Crippen LogP contribution in [-0.4, -0.2) is 19.5 Å². The van der Waals surface area contributed by atoms with Crippen molar-refractivity contribution < 1.29 is 0 Å². The molecule has 61 heavy (non-hydrogen) atoms. The summed E-state index contributed by atoms with van der Waals surface area (Å²) in [4.78, 5) is 15.7. The molecule has 2 heterocycles. The summed E-state index contributed by atoms with van der Waals surface area (Å²) in [6.07, 6.45) is 0. The first kappa shape index (κ1) is 37.4. The maximum atomic E-state index is 5.33. The zero-order chi connectivity index (χ0) is 42.1. The van der Waals surface area contributed by atoms with Crippen LogP contribution in [0.25, 0.3) is 83.9 Å². The van der Waals surface area contributed by atoms with E-state index in [9.17, 15) is 0 Å². The number of para-hydroxylation sites is 1. The van der Waals surface area contributed by atoms with Crippen LogP contribution in [0.2, 0.25) is 0 Å². The number of fused-ring (bicyclic) bond motifs is 10. The molecule has 9 aromatic rings. The molecular weight excluding hydrogens is 741 g/mol. The fraction of sp³-hybridized carbons (Fsp3) is 0.211. The van der Waals surface area contributed by atoms with Crippen LogP contribution >= 0.6 is 0 Å². The van der Waals surface area contributed by atoms with E-state index in [1.807, 2.05) is 18.2 Å². The van der Waals surface area contributed by atoms with Gasteiger partial charge >= 0.3 is 0 Å². The predicted octanol–water partition coefficient (Wildman–Crippen LogP) is 14.4. The molecule has 7 aromatic carbocycles. The number of hydrogen-bond donors (Lipinski definition) is 0. The summed E-state index contributed by atoms with van der Waals surface area (Å²) in [6, 6.07) is 57.3. The SMILES string of the molecule is CC1(C)c2ccccc2-c2ccc(-c3nc(-c4ccccc4)nc(-c4cccc(-n5c6ccccc6c6ccc7c(c65)-c5ccccc5C(C)(C)C7(C)C)c4)n3)cc2C1(C)C. The largest absolute Gasteiger partial charge is 0.309 e. The van der Waals surface area contributed by atoms with Crippen molar-refractivity contribution in [1.82, 2.24) is 19.5 Å². The number of nitrogens with zero attached hydrogens (tertiary/aromatic N) is 4. The van der Waals surface area contributed by atoms with Crippen LogP contribution in [0.15, 0.2) is 158 Å². The Kier molecular flexibility index (Phi) is 7.92. The summed E-state index contributed by atoms with van der Waals surface area (Å²) in [7, 11) is 0. The fourth-order valence-corrected chi connectivity index (χ4v) is 10.5. The first-order valence-electron chi connectivity index (χ1n) is 21.6. The monoisotopic (exact) mass is 790 g/mol. The molecule has 0 atom stereocenters. The first-order valence-corrected chi connectivity index (χ1v) is 21.6. The van der Waals surface area contributed by atoms with Crippen molar-refractivity contribution in [3.8, 4) is 62.1 Å². The Bertz CT molecular complexity index is 3250. The van der Waals surface area contributed by atoms with E-state index < -0.39 is 0 Å². The number of benzene rings is 7. The molecule has 0 unspecified atom stereocenters. The van der Waals surface area contributed by atoms with Gasteiger partial charge in [0.05, 0.1) is 11.0 Å². The van der Waals surface area contributed by atoms with Gasteiger partial charge in [-0.2, -0.15) is 0 Å². The van der Waals surface area contributed by atoms with Crippen LogP contribution in [0.1, 0.15) is 77.6 Å². The van der Waals surface area contributed by atoms with Gasteiger partial charge in [0.25, 0.3) is 0 Å². The van der Waals surface area contributed by atoms with Crippen molar-refractivity contribution in [3.63, 3.8) is 0 Å². The number of rotatable bonds is 4. The third kappa shape index (κ3) is 5.21. The lowest BCUT2D eigenvalue weighted by molar-refractivity contribution is 0.299. The van der Waals surface area contributed by atoms with Gasteiger partial charge in [-0.1, -0.05) is 189 Å². The minimum absolute atomic E-state index is 0.0671. The molecule has 0 spiro atoms. The van der Waals surface area contributed by atoms with Gasteiger partial charge in [-0.3, -0.25) is 0 Å². The van der Waals surface area contributed by atoms with Gasteiger partial charge in [0.2, 0.25) is 0 Å². The van der Waals surface area contributed by atoms with Crippen LogP contribution < -0.4 is 0 Å². The summed E-state index contributed by atoms with van der Waals surface area (Å²) >= 11 is 0. The summed E-state index contributed by atoms with van der Waals surface area (Å²) in [5.41, 5.74) is 16.6. The molecule has 0 aliphatic heterocycles. The van der Waals surface area contributed by atoms with Crippen molar-refractivity contribution in [2.75, 3.05) is 0 Å². The highest BCUT2D eigenvalue weighted by molar-refractivity contribution is 6.15. The van der Waals surface area contributed by atoms with Crippen molar-refractivity contribution in [2.24, 2.45) is 0 Å². The van der Waals surface area contributed by atoms with E-state index >= 15 is 0 Å². The van der Waals surface area contributed by atoms with Gasteiger partial charge in [0.1, 0.15) is 0 Å². The Morgan fingerprint density at radius 3 is 1.61 bits per heavy atom. The zero-order valence-corrected chi connectivity index (χ0v) is 36.3. The summed E-state index contributed by atoms with van der Waals surface area (Å²) in [6.45, 7) is 19.1. The molecular formula is C57H50N4. The highest BCUT2D eigenvalue weighted by Crippen LogP contribution is 2.57. The molecule has 11 rings (SSSR count). The molecule has 0 saturated carbocycles. The normalized spacial score (nSPS) is 16.4. The molecule has 0 amide bonds. The van der Waals surface area contributed by atoms with E-state index in [0.717, 1.165) is 22.4 Å². The van der Waals surface area contributed by atoms with Gasteiger partial charge in [-0.25, -0.2) is 15.0 Å². The van der Waals surface area contributed by atoms with Gasteiger partial charge in [0, 0.05) is 38.7 Å². The second-order valence-electron chi connectivity index (χ2n) is 19.3. The Labute approximate surface area is 359 Å². The molecule has 0 bridgehead atoms. The lowest BCUT2D eigenvalue weighted by Crippen LogP contribution is -2.43. The first-order chi connectivity index (χ1) is 29.3. The molecule has 0 fully saturated rings. The van der Waals surface area contributed by atoms with Crippen LogP contribution in [0.4, 0.5) is 0 Å². The lowest BCUT2D eigenvalue weighted by atomic mass is 9.55. The molecule has 4 nitrogen and oxygen atoms in total. The topological polar surface area (TPSA) is 43.6 Å². The predicted molar refractivity (Wildman–Crippen MR) is 253 cm³/mol. The van der Waals surface area contributed by atoms with Gasteiger partial charge in [0.15, 0.2) is 17.5 Å². The highest BCUT2D eigenvalue weighted by Gasteiger charge is 2.47. The Hall–Kier alpha value is -6.65. The number of aromatic nitrogens is 4. The average molecular weight is 791 g/mol. The summed E-state index contributed by atoms with van der Waals surface area (Å²) < 4.78 is 2.48. The third-order valence-corrected chi connectivity index (χ3v) is 15.4. The molecule has 2 aliphatic rings. The minimum atomic E-state index is -0.147. The Balaban J connectivity index is 1.13. The molecule has 0 saturated heterocycles. The fourth-order valence-electron chi connectivity index (χ4n) is 10.5. The third-order valence-electron chi connectivity index (χ3n) is 15.4. The molecule has 0 radical (unpaired) electrons. The van der Waals surface area contributed by atoms with Crippen molar-refractivity contribution in [2.45, 2.75) is 77.0 Å². The van der Waals surface area contributed by atoms with E-state index in [1.165, 1.54) is 66.3 Å². The number of hydrogen-bond acceptors (Lipinski definition) is 3. The maximum absolute atomic E-state index is 5.33. The van der Waals surface area contributed by atoms with Crippen molar-refractivity contribution >= 4 is 21.8 Å². The van der Waals surface area contributed by atoms with E-state index in [-0.39, 0.29) is 21.7 Å². The van der Waals surface area contributed by atoms with Crippen molar-refractivity contribution in [3.05, 3.63) is 180 Å². The van der Waals surface area contributed by atoms with E-state index in [0.29, 0.717) is 17.5 Å². The molecule has 298 valence electrons. The van der Waals surface area contributed by atoms with Crippen LogP contribution in [0.5, 0.6) is 0 Å².